The Morgan fingerprint density at radius 1 is 0.600 bits per heavy atom. The highest BCUT2D eigenvalue weighted by Crippen LogP contribution is 2.51. The number of nitrogens with zero attached hydrogens (tertiary/aromatic N) is 1. The largest absolute Gasteiger partial charge is 0.364 e. The monoisotopic (exact) mass is 474 g/mol. The van der Waals surface area contributed by atoms with Gasteiger partial charge in [-0.2, -0.15) is 0 Å². The van der Waals surface area contributed by atoms with Crippen LogP contribution in [0.5, 0.6) is 0 Å². The van der Waals surface area contributed by atoms with Crippen molar-refractivity contribution in [3.63, 3.8) is 0 Å². The fraction of sp³-hybridized carbons (Fsp3) is 0.219. The molecule has 4 atom stereocenters. The molecule has 1 aliphatic carbocycles. The molecule has 2 nitrogen and oxygen atoms in total. The van der Waals surface area contributed by atoms with Gasteiger partial charge in [-0.05, 0) is 48.2 Å². The van der Waals surface area contributed by atoms with Gasteiger partial charge in [-0.1, -0.05) is 128 Å². The van der Waals surface area contributed by atoms with Crippen LogP contribution >= 0.6 is 7.92 Å². The third-order valence-electron chi connectivity index (χ3n) is 7.43. The maximum absolute atomic E-state index is 5.43. The van der Waals surface area contributed by atoms with Gasteiger partial charge in [-0.15, -0.1) is 0 Å². The molecule has 1 saturated carbocycles. The molecule has 0 radical (unpaired) electrons. The first-order valence-electron chi connectivity index (χ1n) is 12.7. The summed E-state index contributed by atoms with van der Waals surface area (Å²) in [6.07, 6.45) is 3.73. The second-order valence-electron chi connectivity index (χ2n) is 9.55. The van der Waals surface area contributed by atoms with Crippen LogP contribution in [0.25, 0.3) is 0 Å². The molecule has 0 saturated heterocycles. The van der Waals surface area contributed by atoms with E-state index in [4.69, 9.17) is 4.99 Å². The molecule has 4 aromatic carbocycles. The Morgan fingerprint density at radius 2 is 1.11 bits per heavy atom. The van der Waals surface area contributed by atoms with Crippen LogP contribution in [0.4, 0.5) is 0 Å². The molecule has 174 valence electrons. The van der Waals surface area contributed by atoms with Gasteiger partial charge in [-0.25, -0.2) is 0 Å². The summed E-state index contributed by atoms with van der Waals surface area (Å²) in [4.78, 5) is 5.43. The summed E-state index contributed by atoms with van der Waals surface area (Å²) in [7, 11) is -0.465. The summed E-state index contributed by atoms with van der Waals surface area (Å²) >= 11 is 0. The van der Waals surface area contributed by atoms with Gasteiger partial charge < -0.3 is 5.32 Å². The predicted octanol–water partition coefficient (Wildman–Crippen LogP) is 6.77. The number of rotatable bonds is 6. The third kappa shape index (κ3) is 4.56. The van der Waals surface area contributed by atoms with Crippen molar-refractivity contribution in [2.45, 2.75) is 37.0 Å². The van der Waals surface area contributed by atoms with Gasteiger partial charge in [-0.3, -0.25) is 4.99 Å². The normalized spacial score (nSPS) is 23.7. The van der Waals surface area contributed by atoms with Crippen LogP contribution in [0.2, 0.25) is 0 Å². The molecule has 0 amide bonds. The Morgan fingerprint density at radius 3 is 1.69 bits per heavy atom. The molecule has 0 spiro atoms. The highest BCUT2D eigenvalue weighted by atomic mass is 31.1. The maximum Gasteiger partial charge on any atom is 0.101 e. The molecule has 1 heterocycles. The van der Waals surface area contributed by atoms with E-state index < -0.39 is 7.92 Å². The number of hydrogen-bond acceptors (Lipinski definition) is 2. The number of nitrogens with one attached hydrogen (secondary N) is 1. The average Bonchev–Trinajstić information content (AvgIpc) is 3.59. The van der Waals surface area contributed by atoms with E-state index >= 15 is 0 Å². The first-order chi connectivity index (χ1) is 17.4. The van der Waals surface area contributed by atoms with Crippen LogP contribution in [0.3, 0.4) is 0 Å². The Kier molecular flexibility index (Phi) is 6.47. The third-order valence-corrected chi connectivity index (χ3v) is 10.4. The smallest absolute Gasteiger partial charge is 0.101 e. The predicted molar refractivity (Wildman–Crippen MR) is 149 cm³/mol. The van der Waals surface area contributed by atoms with Gasteiger partial charge in [0.05, 0.1) is 6.04 Å². The minimum atomic E-state index is -0.465. The number of benzene rings is 4. The van der Waals surface area contributed by atoms with E-state index in [2.05, 4.69) is 127 Å². The topological polar surface area (TPSA) is 24.4 Å². The molecule has 1 N–H and O–H groups in total. The van der Waals surface area contributed by atoms with Crippen molar-refractivity contribution in [1.29, 1.82) is 0 Å². The molecule has 3 heteroatoms. The standard InChI is InChI=1S/C32H31N2P/c1-5-14-24(15-6-1)30-31(25-16-7-2-8-17-25)34-32(33-30)28-22-13-23-29(28)35(26-18-9-3-10-19-26)27-20-11-4-12-21-27/h1-12,14-21,28-31H,13,22-23H2,(H,33,34)/t28?,29?,30-,31-/m1/s1. The summed E-state index contributed by atoms with van der Waals surface area (Å²) < 4.78 is 0. The second kappa shape index (κ2) is 10.2. The van der Waals surface area contributed by atoms with E-state index in [1.54, 1.807) is 0 Å². The van der Waals surface area contributed by atoms with E-state index in [1.807, 2.05) is 0 Å². The highest BCUT2D eigenvalue weighted by Gasteiger charge is 2.42. The van der Waals surface area contributed by atoms with Crippen molar-refractivity contribution in [3.05, 3.63) is 132 Å². The Bertz CT molecular complexity index is 1220. The van der Waals surface area contributed by atoms with Crippen LogP contribution in [-0.4, -0.2) is 11.5 Å². The van der Waals surface area contributed by atoms with Crippen LogP contribution in [-0.2, 0) is 0 Å². The summed E-state index contributed by atoms with van der Waals surface area (Å²) in [5.41, 5.74) is 3.18. The molecule has 4 aromatic rings. The van der Waals surface area contributed by atoms with E-state index in [0.717, 1.165) is 0 Å². The van der Waals surface area contributed by atoms with Gasteiger partial charge in [0, 0.05) is 5.92 Å². The lowest BCUT2D eigenvalue weighted by Gasteiger charge is -2.30. The van der Waals surface area contributed by atoms with E-state index in [0.29, 0.717) is 11.6 Å². The zero-order valence-electron chi connectivity index (χ0n) is 19.9. The fourth-order valence-corrected chi connectivity index (χ4v) is 8.97. The first-order valence-corrected chi connectivity index (χ1v) is 14.1. The molecule has 0 bridgehead atoms. The lowest BCUT2D eigenvalue weighted by atomic mass is 9.95. The Labute approximate surface area is 209 Å². The first kappa shape index (κ1) is 22.3. The van der Waals surface area contributed by atoms with Gasteiger partial charge in [0.25, 0.3) is 0 Å². The lowest BCUT2D eigenvalue weighted by molar-refractivity contribution is 0.567. The van der Waals surface area contributed by atoms with Crippen molar-refractivity contribution in [2.75, 3.05) is 0 Å². The minimum absolute atomic E-state index is 0.106. The highest BCUT2D eigenvalue weighted by molar-refractivity contribution is 7.73. The van der Waals surface area contributed by atoms with Crippen molar-refractivity contribution >= 4 is 24.4 Å². The van der Waals surface area contributed by atoms with E-state index in [1.165, 1.54) is 46.8 Å². The summed E-state index contributed by atoms with van der Waals surface area (Å²) in [6, 6.07) is 44.3. The number of aliphatic imine (C=N–C) groups is 1. The molecule has 35 heavy (non-hydrogen) atoms. The van der Waals surface area contributed by atoms with Gasteiger partial charge in [0.1, 0.15) is 11.9 Å². The van der Waals surface area contributed by atoms with Gasteiger partial charge >= 0.3 is 0 Å². The van der Waals surface area contributed by atoms with Crippen molar-refractivity contribution in [3.8, 4) is 0 Å². The number of amidine groups is 1. The molecule has 2 aliphatic rings. The van der Waals surface area contributed by atoms with E-state index in [-0.39, 0.29) is 12.1 Å². The van der Waals surface area contributed by atoms with Crippen molar-refractivity contribution in [2.24, 2.45) is 10.9 Å². The summed E-state index contributed by atoms with van der Waals surface area (Å²) in [6.45, 7) is 0. The molecular formula is C32H31N2P. The fourth-order valence-electron chi connectivity index (χ4n) is 5.82. The van der Waals surface area contributed by atoms with Crippen LogP contribution in [0.15, 0.2) is 126 Å². The summed E-state index contributed by atoms with van der Waals surface area (Å²) in [5, 5.41) is 6.90. The Hall–Kier alpha value is -3.22. The van der Waals surface area contributed by atoms with Crippen LogP contribution in [0, 0.1) is 5.92 Å². The molecule has 6 rings (SSSR count). The molecule has 0 aromatic heterocycles. The quantitative estimate of drug-likeness (QED) is 0.306. The Balaban J connectivity index is 1.38. The van der Waals surface area contributed by atoms with Crippen LogP contribution in [0.1, 0.15) is 42.5 Å². The zero-order chi connectivity index (χ0) is 23.5. The molecular weight excluding hydrogens is 443 g/mol. The lowest BCUT2D eigenvalue weighted by Crippen LogP contribution is -2.35. The molecule has 2 unspecified atom stereocenters. The minimum Gasteiger partial charge on any atom is -0.364 e. The van der Waals surface area contributed by atoms with Gasteiger partial charge in [0.2, 0.25) is 0 Å². The zero-order valence-corrected chi connectivity index (χ0v) is 20.8. The summed E-state index contributed by atoms with van der Waals surface area (Å²) in [5.74, 6) is 1.68. The van der Waals surface area contributed by atoms with Crippen LogP contribution < -0.4 is 15.9 Å². The molecule has 1 fully saturated rings. The second-order valence-corrected chi connectivity index (χ2v) is 12.0. The number of hydrogen-bond donors (Lipinski definition) is 1. The van der Waals surface area contributed by atoms with Crippen molar-refractivity contribution in [1.82, 2.24) is 5.32 Å². The SMILES string of the molecule is c1ccc([C@H]2N=C(C3CCCC3P(c3ccccc3)c3ccccc3)N[C@@H]2c2ccccc2)cc1. The van der Waals surface area contributed by atoms with Gasteiger partial charge in [0.15, 0.2) is 0 Å². The average molecular weight is 475 g/mol. The van der Waals surface area contributed by atoms with Crippen molar-refractivity contribution < 1.29 is 0 Å². The molecule has 1 aliphatic heterocycles. The maximum atomic E-state index is 5.43. The van der Waals surface area contributed by atoms with E-state index in [9.17, 15) is 0 Å².